The van der Waals surface area contributed by atoms with Gasteiger partial charge in [-0.05, 0) is 103 Å². The Labute approximate surface area is 143 Å². The lowest BCUT2D eigenvalue weighted by Crippen LogP contribution is -1.90. The van der Waals surface area contributed by atoms with Crippen LogP contribution in [0.1, 0.15) is 22.3 Å². The Balaban J connectivity index is 2.23. The number of aryl methyl sites for hydroxylation is 4. The minimum Gasteiger partial charge on any atom is -0.507 e. The zero-order chi connectivity index (χ0) is 17.4. The molecule has 0 heterocycles. The summed E-state index contributed by atoms with van der Waals surface area (Å²) in [5, 5.41) is 20.1. The number of aromatic hydroxyl groups is 2. The van der Waals surface area contributed by atoms with Gasteiger partial charge in [0.05, 0.1) is 0 Å². The Morgan fingerprint density at radius 1 is 0.708 bits per heavy atom. The number of hydrogen-bond donors (Lipinski definition) is 2. The van der Waals surface area contributed by atoms with Gasteiger partial charge in [0, 0.05) is 0 Å². The predicted molar refractivity (Wildman–Crippen MR) is 98.4 cm³/mol. The summed E-state index contributed by atoms with van der Waals surface area (Å²) < 4.78 is 0. The fraction of sp³-hybridized carbons (Fsp3) is 0.182. The van der Waals surface area contributed by atoms with E-state index in [4.69, 9.17) is 0 Å². The molecule has 0 bridgehead atoms. The van der Waals surface area contributed by atoms with Gasteiger partial charge in [-0.15, -0.1) is 0 Å². The molecule has 2 heteroatoms. The van der Waals surface area contributed by atoms with E-state index in [-0.39, 0.29) is 0 Å². The van der Waals surface area contributed by atoms with Gasteiger partial charge in [-0.3, -0.25) is 0 Å². The van der Waals surface area contributed by atoms with Gasteiger partial charge < -0.3 is 10.2 Å². The Kier molecular flexibility index (Phi) is 4.06. The van der Waals surface area contributed by atoms with Crippen molar-refractivity contribution < 1.29 is 10.2 Å². The molecule has 24 heavy (non-hydrogen) atoms. The molecule has 0 saturated heterocycles. The molecule has 0 atom stereocenters. The average Bonchev–Trinajstić information content (AvgIpc) is 2.56. The fourth-order valence-corrected chi connectivity index (χ4v) is 3.13. The molecule has 0 saturated carbocycles. The van der Waals surface area contributed by atoms with Crippen LogP contribution in [0, 0.1) is 33.8 Å². The van der Waals surface area contributed by atoms with Gasteiger partial charge in [0.1, 0.15) is 11.5 Å². The summed E-state index contributed by atoms with van der Waals surface area (Å²) in [7, 11) is 0. The van der Waals surface area contributed by atoms with Gasteiger partial charge >= 0.3 is 0 Å². The molecular formula is C22H21O2. The third-order valence-corrected chi connectivity index (χ3v) is 4.44. The molecule has 0 aliphatic carbocycles. The van der Waals surface area contributed by atoms with Crippen LogP contribution in [0.3, 0.4) is 0 Å². The first-order valence-electron chi connectivity index (χ1n) is 8.00. The SMILES string of the molecule is Cc1cc(-c2[c]cccc2-c2cc(C)c(O)c(C)c2)cc(C)c1O. The highest BCUT2D eigenvalue weighted by atomic mass is 16.3. The molecule has 0 fully saturated rings. The van der Waals surface area contributed by atoms with Crippen molar-refractivity contribution >= 4 is 0 Å². The van der Waals surface area contributed by atoms with E-state index < -0.39 is 0 Å². The smallest absolute Gasteiger partial charge is 0.121 e. The van der Waals surface area contributed by atoms with Crippen LogP contribution >= 0.6 is 0 Å². The molecular weight excluding hydrogens is 296 g/mol. The summed E-state index contributed by atoms with van der Waals surface area (Å²) in [6.07, 6.45) is 0. The number of phenolic OH excluding ortho intramolecular Hbond substituents is 2. The summed E-state index contributed by atoms with van der Waals surface area (Å²) in [5.41, 5.74) is 7.56. The summed E-state index contributed by atoms with van der Waals surface area (Å²) in [6, 6.07) is 17.2. The summed E-state index contributed by atoms with van der Waals surface area (Å²) in [5.74, 6) is 0.684. The minimum atomic E-state index is 0.340. The Morgan fingerprint density at radius 3 is 1.67 bits per heavy atom. The van der Waals surface area contributed by atoms with Crippen molar-refractivity contribution in [3.05, 3.63) is 70.8 Å². The standard InChI is InChI=1S/C22H21O2/c1-13-9-17(10-14(2)21(13)23)19-7-5-6-8-20(19)18-11-15(3)22(24)16(4)12-18/h5-7,9-12,23-24H,1-4H3. The zero-order valence-corrected chi connectivity index (χ0v) is 14.4. The number of hydrogen-bond acceptors (Lipinski definition) is 2. The number of benzene rings is 3. The van der Waals surface area contributed by atoms with Crippen LogP contribution in [0.15, 0.2) is 42.5 Å². The highest BCUT2D eigenvalue weighted by Crippen LogP contribution is 2.37. The van der Waals surface area contributed by atoms with E-state index in [0.717, 1.165) is 44.5 Å². The maximum absolute atomic E-state index is 10.0. The van der Waals surface area contributed by atoms with E-state index in [1.54, 1.807) is 0 Å². The van der Waals surface area contributed by atoms with Crippen molar-refractivity contribution in [1.29, 1.82) is 0 Å². The fourth-order valence-electron chi connectivity index (χ4n) is 3.13. The van der Waals surface area contributed by atoms with Crippen molar-refractivity contribution in [2.45, 2.75) is 27.7 Å². The molecule has 3 aromatic carbocycles. The maximum Gasteiger partial charge on any atom is 0.121 e. The van der Waals surface area contributed by atoms with E-state index in [1.165, 1.54) is 0 Å². The lowest BCUT2D eigenvalue weighted by atomic mass is 9.91. The normalized spacial score (nSPS) is 10.8. The third kappa shape index (κ3) is 2.76. The molecule has 0 unspecified atom stereocenters. The van der Waals surface area contributed by atoms with Crippen LogP contribution in [-0.4, -0.2) is 10.2 Å². The van der Waals surface area contributed by atoms with E-state index in [9.17, 15) is 10.2 Å². The largest absolute Gasteiger partial charge is 0.507 e. The van der Waals surface area contributed by atoms with Gasteiger partial charge in [0.15, 0.2) is 0 Å². The molecule has 2 nitrogen and oxygen atoms in total. The van der Waals surface area contributed by atoms with Crippen molar-refractivity contribution in [3.63, 3.8) is 0 Å². The average molecular weight is 317 g/mol. The van der Waals surface area contributed by atoms with E-state index in [2.05, 4.69) is 12.1 Å². The van der Waals surface area contributed by atoms with Crippen molar-refractivity contribution in [1.82, 2.24) is 0 Å². The Hall–Kier alpha value is -2.74. The molecule has 0 aromatic heterocycles. The Bertz CT molecular complexity index is 800. The van der Waals surface area contributed by atoms with Crippen LogP contribution in [0.2, 0.25) is 0 Å². The second kappa shape index (κ2) is 6.04. The van der Waals surface area contributed by atoms with E-state index in [0.29, 0.717) is 11.5 Å². The Morgan fingerprint density at radius 2 is 1.17 bits per heavy atom. The van der Waals surface area contributed by atoms with Crippen molar-refractivity contribution in [2.24, 2.45) is 0 Å². The monoisotopic (exact) mass is 317 g/mol. The van der Waals surface area contributed by atoms with Crippen molar-refractivity contribution in [2.75, 3.05) is 0 Å². The molecule has 3 rings (SSSR count). The quantitative estimate of drug-likeness (QED) is 0.658. The van der Waals surface area contributed by atoms with Gasteiger partial charge in [-0.2, -0.15) is 0 Å². The molecule has 121 valence electrons. The maximum atomic E-state index is 10.0. The lowest BCUT2D eigenvalue weighted by Gasteiger charge is -2.14. The second-order valence-corrected chi connectivity index (χ2v) is 6.38. The van der Waals surface area contributed by atoms with Gasteiger partial charge in [0.2, 0.25) is 0 Å². The molecule has 0 amide bonds. The first kappa shape index (κ1) is 16.1. The summed E-state index contributed by atoms with van der Waals surface area (Å²) in [6.45, 7) is 7.63. The minimum absolute atomic E-state index is 0.340. The van der Waals surface area contributed by atoms with Gasteiger partial charge in [-0.25, -0.2) is 0 Å². The van der Waals surface area contributed by atoms with Crippen LogP contribution in [0.4, 0.5) is 0 Å². The summed E-state index contributed by atoms with van der Waals surface area (Å²) in [4.78, 5) is 0. The third-order valence-electron chi connectivity index (χ3n) is 4.44. The topological polar surface area (TPSA) is 40.5 Å². The van der Waals surface area contributed by atoms with Gasteiger partial charge in [-0.1, -0.05) is 18.2 Å². The van der Waals surface area contributed by atoms with Gasteiger partial charge in [0.25, 0.3) is 0 Å². The van der Waals surface area contributed by atoms with Crippen LogP contribution in [0.25, 0.3) is 22.3 Å². The van der Waals surface area contributed by atoms with Crippen LogP contribution < -0.4 is 0 Å². The number of phenols is 2. The second-order valence-electron chi connectivity index (χ2n) is 6.38. The highest BCUT2D eigenvalue weighted by molar-refractivity contribution is 5.84. The zero-order valence-electron chi connectivity index (χ0n) is 14.4. The number of rotatable bonds is 2. The molecule has 2 N–H and O–H groups in total. The highest BCUT2D eigenvalue weighted by Gasteiger charge is 2.12. The molecule has 3 aromatic rings. The lowest BCUT2D eigenvalue weighted by molar-refractivity contribution is 0.466. The first-order valence-corrected chi connectivity index (χ1v) is 8.00. The first-order chi connectivity index (χ1) is 11.4. The molecule has 1 radical (unpaired) electrons. The van der Waals surface area contributed by atoms with Crippen molar-refractivity contribution in [3.8, 4) is 33.8 Å². The van der Waals surface area contributed by atoms with Crippen LogP contribution in [-0.2, 0) is 0 Å². The molecule has 0 aliphatic heterocycles. The predicted octanol–water partition coefficient (Wildman–Crippen LogP) is 5.47. The molecule has 0 aliphatic rings. The van der Waals surface area contributed by atoms with E-state index in [1.807, 2.05) is 64.1 Å². The van der Waals surface area contributed by atoms with Crippen LogP contribution in [0.5, 0.6) is 11.5 Å². The van der Waals surface area contributed by atoms with E-state index >= 15 is 0 Å². The summed E-state index contributed by atoms with van der Waals surface area (Å²) >= 11 is 0. The molecule has 0 spiro atoms.